The molecule has 0 bridgehead atoms. The molecule has 1 aromatic carbocycles. The summed E-state index contributed by atoms with van der Waals surface area (Å²) in [6, 6.07) is 10.0. The predicted molar refractivity (Wildman–Crippen MR) is 62.2 cm³/mol. The van der Waals surface area contributed by atoms with Crippen LogP contribution in [-0.4, -0.2) is 10.2 Å². The molecule has 1 heterocycles. The molecular formula is C12H13ClN2. The second-order valence-corrected chi connectivity index (χ2v) is 4.11. The van der Waals surface area contributed by atoms with Gasteiger partial charge in [0.2, 0.25) is 0 Å². The molecule has 0 atom stereocenters. The topological polar surface area (TPSA) is 28.7 Å². The Bertz CT molecular complexity index is 431. The zero-order valence-corrected chi connectivity index (χ0v) is 9.38. The second kappa shape index (κ2) is 4.49. The van der Waals surface area contributed by atoms with Crippen molar-refractivity contribution in [3.05, 3.63) is 52.3 Å². The zero-order valence-electron chi connectivity index (χ0n) is 8.63. The molecule has 0 aliphatic rings. The van der Waals surface area contributed by atoms with E-state index in [1.807, 2.05) is 19.1 Å². The standard InChI is InChI=1S/C12H13ClN2/c1-9-8-12(15-14-9)7-4-10-2-5-11(13)6-3-10/h2-3,5-6,8H,4,7H2,1H3,(H,14,15). The van der Waals surface area contributed by atoms with E-state index in [2.05, 4.69) is 28.4 Å². The normalized spacial score (nSPS) is 10.5. The number of nitrogens with one attached hydrogen (secondary N) is 1. The lowest BCUT2D eigenvalue weighted by Gasteiger charge is -1.98. The van der Waals surface area contributed by atoms with Crippen LogP contribution in [0.1, 0.15) is 17.0 Å². The van der Waals surface area contributed by atoms with Crippen LogP contribution in [0, 0.1) is 6.92 Å². The highest BCUT2D eigenvalue weighted by Gasteiger charge is 1.99. The van der Waals surface area contributed by atoms with Gasteiger partial charge in [0, 0.05) is 10.7 Å². The summed E-state index contributed by atoms with van der Waals surface area (Å²) in [6.45, 7) is 2.01. The smallest absolute Gasteiger partial charge is 0.0628 e. The lowest BCUT2D eigenvalue weighted by Crippen LogP contribution is -1.91. The Morgan fingerprint density at radius 1 is 1.20 bits per heavy atom. The number of aromatic nitrogens is 2. The highest BCUT2D eigenvalue weighted by Crippen LogP contribution is 2.11. The van der Waals surface area contributed by atoms with Crippen molar-refractivity contribution in [1.82, 2.24) is 10.2 Å². The van der Waals surface area contributed by atoms with Crippen molar-refractivity contribution >= 4 is 11.6 Å². The van der Waals surface area contributed by atoms with E-state index in [9.17, 15) is 0 Å². The van der Waals surface area contributed by atoms with Gasteiger partial charge in [-0.3, -0.25) is 5.10 Å². The molecule has 0 fully saturated rings. The number of hydrogen-bond acceptors (Lipinski definition) is 1. The van der Waals surface area contributed by atoms with Crippen LogP contribution >= 0.6 is 11.6 Å². The van der Waals surface area contributed by atoms with Gasteiger partial charge in [-0.15, -0.1) is 0 Å². The molecule has 3 heteroatoms. The lowest BCUT2D eigenvalue weighted by molar-refractivity contribution is 0.890. The summed E-state index contributed by atoms with van der Waals surface area (Å²) in [5.74, 6) is 0. The first kappa shape index (κ1) is 10.2. The quantitative estimate of drug-likeness (QED) is 0.846. The van der Waals surface area contributed by atoms with Crippen LogP contribution in [0.15, 0.2) is 30.3 Å². The molecule has 15 heavy (non-hydrogen) atoms. The van der Waals surface area contributed by atoms with Crippen LogP contribution in [0.2, 0.25) is 5.02 Å². The number of aryl methyl sites for hydroxylation is 3. The molecule has 2 aromatic rings. The Balaban J connectivity index is 1.96. The molecule has 0 aliphatic carbocycles. The number of benzene rings is 1. The summed E-state index contributed by atoms with van der Waals surface area (Å²) in [5.41, 5.74) is 3.52. The Morgan fingerprint density at radius 2 is 1.93 bits per heavy atom. The fourth-order valence-electron chi connectivity index (χ4n) is 1.53. The Kier molecular flexibility index (Phi) is 3.07. The molecule has 0 aliphatic heterocycles. The predicted octanol–water partition coefficient (Wildman–Crippen LogP) is 3.16. The molecule has 2 nitrogen and oxygen atoms in total. The molecule has 0 radical (unpaired) electrons. The monoisotopic (exact) mass is 220 g/mol. The van der Waals surface area contributed by atoms with Crippen LogP contribution in [0.5, 0.6) is 0 Å². The molecule has 1 N–H and O–H groups in total. The average molecular weight is 221 g/mol. The maximum atomic E-state index is 5.81. The third-order valence-electron chi connectivity index (χ3n) is 2.34. The molecule has 0 saturated heterocycles. The number of H-pyrrole nitrogens is 1. The van der Waals surface area contributed by atoms with Gasteiger partial charge in [0.25, 0.3) is 0 Å². The molecule has 78 valence electrons. The van der Waals surface area contributed by atoms with E-state index >= 15 is 0 Å². The van der Waals surface area contributed by atoms with E-state index in [1.165, 1.54) is 5.56 Å². The summed E-state index contributed by atoms with van der Waals surface area (Å²) in [7, 11) is 0. The van der Waals surface area contributed by atoms with Crippen LogP contribution in [0.3, 0.4) is 0 Å². The Morgan fingerprint density at radius 3 is 2.53 bits per heavy atom. The van der Waals surface area contributed by atoms with Crippen molar-refractivity contribution in [2.24, 2.45) is 0 Å². The van der Waals surface area contributed by atoms with Crippen LogP contribution in [0.4, 0.5) is 0 Å². The zero-order chi connectivity index (χ0) is 10.7. The minimum Gasteiger partial charge on any atom is -0.283 e. The minimum absolute atomic E-state index is 0.786. The number of nitrogens with zero attached hydrogens (tertiary/aromatic N) is 1. The minimum atomic E-state index is 0.786. The van der Waals surface area contributed by atoms with E-state index in [-0.39, 0.29) is 0 Å². The summed E-state index contributed by atoms with van der Waals surface area (Å²) in [6.07, 6.45) is 1.97. The van der Waals surface area contributed by atoms with Crippen LogP contribution in [-0.2, 0) is 12.8 Å². The van der Waals surface area contributed by atoms with Crippen LogP contribution in [0.25, 0.3) is 0 Å². The molecule has 0 saturated carbocycles. The highest BCUT2D eigenvalue weighted by molar-refractivity contribution is 6.30. The molecule has 0 unspecified atom stereocenters. The van der Waals surface area contributed by atoms with Gasteiger partial charge in [0.1, 0.15) is 0 Å². The first-order chi connectivity index (χ1) is 7.24. The number of aromatic amines is 1. The fourth-order valence-corrected chi connectivity index (χ4v) is 1.65. The van der Waals surface area contributed by atoms with E-state index in [0.29, 0.717) is 0 Å². The summed E-state index contributed by atoms with van der Waals surface area (Å²) < 4.78 is 0. The van der Waals surface area contributed by atoms with Gasteiger partial charge in [-0.2, -0.15) is 5.10 Å². The highest BCUT2D eigenvalue weighted by atomic mass is 35.5. The molecule has 2 rings (SSSR count). The van der Waals surface area contributed by atoms with E-state index < -0.39 is 0 Å². The largest absolute Gasteiger partial charge is 0.283 e. The molecule has 0 amide bonds. The maximum absolute atomic E-state index is 5.81. The maximum Gasteiger partial charge on any atom is 0.0628 e. The lowest BCUT2D eigenvalue weighted by atomic mass is 10.1. The number of halogens is 1. The molecule has 0 spiro atoms. The number of hydrogen-bond donors (Lipinski definition) is 1. The summed E-state index contributed by atoms with van der Waals surface area (Å²) in [5, 5.41) is 7.93. The van der Waals surface area contributed by atoms with Gasteiger partial charge in [0.05, 0.1) is 5.69 Å². The van der Waals surface area contributed by atoms with Gasteiger partial charge < -0.3 is 0 Å². The summed E-state index contributed by atoms with van der Waals surface area (Å²) in [4.78, 5) is 0. The third kappa shape index (κ3) is 2.83. The van der Waals surface area contributed by atoms with Gasteiger partial charge in [-0.1, -0.05) is 23.7 Å². The van der Waals surface area contributed by atoms with Gasteiger partial charge in [-0.25, -0.2) is 0 Å². The van der Waals surface area contributed by atoms with Crippen molar-refractivity contribution in [2.75, 3.05) is 0 Å². The molecule has 1 aromatic heterocycles. The third-order valence-corrected chi connectivity index (χ3v) is 2.59. The van der Waals surface area contributed by atoms with Crippen molar-refractivity contribution in [2.45, 2.75) is 19.8 Å². The van der Waals surface area contributed by atoms with Gasteiger partial charge in [-0.05, 0) is 43.5 Å². The fraction of sp³-hybridized carbons (Fsp3) is 0.250. The van der Waals surface area contributed by atoms with Crippen molar-refractivity contribution in [3.63, 3.8) is 0 Å². The number of rotatable bonds is 3. The Labute approximate surface area is 94.3 Å². The van der Waals surface area contributed by atoms with Gasteiger partial charge in [0.15, 0.2) is 0 Å². The summed E-state index contributed by atoms with van der Waals surface area (Å²) >= 11 is 5.81. The van der Waals surface area contributed by atoms with E-state index in [1.54, 1.807) is 0 Å². The van der Waals surface area contributed by atoms with E-state index in [0.717, 1.165) is 29.3 Å². The van der Waals surface area contributed by atoms with Crippen molar-refractivity contribution in [3.8, 4) is 0 Å². The van der Waals surface area contributed by atoms with Gasteiger partial charge >= 0.3 is 0 Å². The second-order valence-electron chi connectivity index (χ2n) is 3.67. The van der Waals surface area contributed by atoms with Crippen LogP contribution < -0.4 is 0 Å². The first-order valence-electron chi connectivity index (χ1n) is 4.99. The van der Waals surface area contributed by atoms with E-state index in [4.69, 9.17) is 11.6 Å². The first-order valence-corrected chi connectivity index (χ1v) is 5.37. The average Bonchev–Trinajstić information content (AvgIpc) is 2.64. The molecular weight excluding hydrogens is 208 g/mol. The van der Waals surface area contributed by atoms with Crippen molar-refractivity contribution < 1.29 is 0 Å². The Hall–Kier alpha value is -1.28. The van der Waals surface area contributed by atoms with Crippen molar-refractivity contribution in [1.29, 1.82) is 0 Å². The SMILES string of the molecule is Cc1cc(CCc2ccc(Cl)cc2)n[nH]1.